The molecule has 5 heteroatoms. The van der Waals surface area contributed by atoms with Crippen LogP contribution in [0.2, 0.25) is 0 Å². The monoisotopic (exact) mass is 257 g/mol. The van der Waals surface area contributed by atoms with Gasteiger partial charge in [0.05, 0.1) is 0 Å². The minimum Gasteiger partial charge on any atom is -0.474 e. The van der Waals surface area contributed by atoms with Crippen LogP contribution >= 0.6 is 0 Å². The second-order valence-corrected chi connectivity index (χ2v) is 3.70. The molecule has 0 bridgehead atoms. The number of carbonyl (C=O) groups excluding carboxylic acids is 1. The highest BCUT2D eigenvalue weighted by molar-refractivity contribution is 6.36. The molecule has 0 saturated heterocycles. The first kappa shape index (κ1) is 12.6. The van der Waals surface area contributed by atoms with Gasteiger partial charge in [0.15, 0.2) is 0 Å². The summed E-state index contributed by atoms with van der Waals surface area (Å²) in [6, 6.07) is 15.6. The van der Waals surface area contributed by atoms with E-state index in [0.717, 1.165) is 0 Å². The molecule has 0 saturated carbocycles. The quantitative estimate of drug-likeness (QED) is 0.828. The second kappa shape index (κ2) is 5.68. The van der Waals surface area contributed by atoms with Crippen LogP contribution in [0.1, 0.15) is 0 Å². The molecule has 19 heavy (non-hydrogen) atoms. The number of carbonyl (C=O) groups is 2. The molecule has 0 atom stereocenters. The number of hydrogen-bond donors (Lipinski definition) is 2. The lowest BCUT2D eigenvalue weighted by molar-refractivity contribution is -0.147. The third-order valence-corrected chi connectivity index (χ3v) is 2.27. The van der Waals surface area contributed by atoms with Crippen LogP contribution < -0.4 is 10.1 Å². The van der Waals surface area contributed by atoms with Crippen molar-refractivity contribution in [2.24, 2.45) is 0 Å². The molecule has 0 unspecified atom stereocenters. The standard InChI is InChI=1S/C14H11NO4/c16-13(14(17)18)15-10-5-4-8-12(9-10)19-11-6-2-1-3-7-11/h1-9H,(H,15,16)(H,17,18). The molecule has 0 aliphatic rings. The normalized spacial score (nSPS) is 9.68. The van der Waals surface area contributed by atoms with Gasteiger partial charge in [0.2, 0.25) is 0 Å². The van der Waals surface area contributed by atoms with E-state index in [1.54, 1.807) is 36.4 Å². The third kappa shape index (κ3) is 3.57. The predicted molar refractivity (Wildman–Crippen MR) is 69.2 cm³/mol. The van der Waals surface area contributed by atoms with Crippen molar-refractivity contribution >= 4 is 17.6 Å². The third-order valence-electron chi connectivity index (χ3n) is 2.27. The zero-order valence-corrected chi connectivity index (χ0v) is 9.87. The van der Waals surface area contributed by atoms with Crippen LogP contribution in [-0.4, -0.2) is 17.0 Å². The molecule has 0 spiro atoms. The number of amides is 1. The Morgan fingerprint density at radius 3 is 2.32 bits per heavy atom. The molecule has 96 valence electrons. The summed E-state index contributed by atoms with van der Waals surface area (Å²) in [6.45, 7) is 0. The molecule has 0 fully saturated rings. The molecule has 0 aliphatic heterocycles. The number of benzene rings is 2. The van der Waals surface area contributed by atoms with Crippen molar-refractivity contribution in [1.29, 1.82) is 0 Å². The zero-order valence-electron chi connectivity index (χ0n) is 9.87. The molecule has 2 aromatic carbocycles. The smallest absolute Gasteiger partial charge is 0.394 e. The van der Waals surface area contributed by atoms with E-state index in [1.807, 2.05) is 18.2 Å². The van der Waals surface area contributed by atoms with Crippen molar-refractivity contribution in [3.05, 3.63) is 54.6 Å². The highest BCUT2D eigenvalue weighted by Crippen LogP contribution is 2.23. The van der Waals surface area contributed by atoms with Crippen molar-refractivity contribution in [3.63, 3.8) is 0 Å². The maximum absolute atomic E-state index is 11.0. The van der Waals surface area contributed by atoms with E-state index in [1.165, 1.54) is 0 Å². The van der Waals surface area contributed by atoms with Crippen LogP contribution in [0.15, 0.2) is 54.6 Å². The van der Waals surface area contributed by atoms with Gasteiger partial charge in [-0.2, -0.15) is 0 Å². The second-order valence-electron chi connectivity index (χ2n) is 3.70. The van der Waals surface area contributed by atoms with E-state index in [2.05, 4.69) is 5.32 Å². The molecular formula is C14H11NO4. The van der Waals surface area contributed by atoms with Crippen LogP contribution in [0, 0.1) is 0 Å². The molecule has 0 aliphatic carbocycles. The summed E-state index contributed by atoms with van der Waals surface area (Å²) in [5, 5.41) is 10.8. The van der Waals surface area contributed by atoms with Gasteiger partial charge in [-0.25, -0.2) is 4.79 Å². The first-order valence-corrected chi connectivity index (χ1v) is 5.52. The minimum absolute atomic E-state index is 0.362. The van der Waals surface area contributed by atoms with E-state index in [0.29, 0.717) is 17.2 Å². The van der Waals surface area contributed by atoms with Gasteiger partial charge in [-0.15, -0.1) is 0 Å². The molecule has 5 nitrogen and oxygen atoms in total. The van der Waals surface area contributed by atoms with Crippen LogP contribution in [0.25, 0.3) is 0 Å². The topological polar surface area (TPSA) is 75.6 Å². The first-order chi connectivity index (χ1) is 9.15. The zero-order chi connectivity index (χ0) is 13.7. The van der Waals surface area contributed by atoms with E-state index >= 15 is 0 Å². The highest BCUT2D eigenvalue weighted by atomic mass is 16.5. The summed E-state index contributed by atoms with van der Waals surface area (Å²) in [5.74, 6) is -1.45. The van der Waals surface area contributed by atoms with E-state index in [-0.39, 0.29) is 0 Å². The van der Waals surface area contributed by atoms with Crippen molar-refractivity contribution < 1.29 is 19.4 Å². The van der Waals surface area contributed by atoms with Crippen LogP contribution in [0.5, 0.6) is 11.5 Å². The number of nitrogens with one attached hydrogen (secondary N) is 1. The summed E-state index contributed by atoms with van der Waals surface area (Å²) in [6.07, 6.45) is 0. The van der Waals surface area contributed by atoms with Gasteiger partial charge in [0.1, 0.15) is 11.5 Å². The maximum atomic E-state index is 11.0. The minimum atomic E-state index is -1.53. The Hall–Kier alpha value is -2.82. The number of hydrogen-bond acceptors (Lipinski definition) is 3. The first-order valence-electron chi connectivity index (χ1n) is 5.52. The molecule has 0 heterocycles. The number of aliphatic carboxylic acids is 1. The lowest BCUT2D eigenvalue weighted by Crippen LogP contribution is -2.21. The van der Waals surface area contributed by atoms with Crippen molar-refractivity contribution in [1.82, 2.24) is 0 Å². The molecule has 0 radical (unpaired) electrons. The van der Waals surface area contributed by atoms with Gasteiger partial charge in [-0.3, -0.25) is 4.79 Å². The van der Waals surface area contributed by atoms with Crippen molar-refractivity contribution in [3.8, 4) is 11.5 Å². The van der Waals surface area contributed by atoms with E-state index in [4.69, 9.17) is 9.84 Å². The fourth-order valence-corrected chi connectivity index (χ4v) is 1.45. The van der Waals surface area contributed by atoms with Crippen molar-refractivity contribution in [2.75, 3.05) is 5.32 Å². The van der Waals surface area contributed by atoms with Gasteiger partial charge in [0.25, 0.3) is 0 Å². The summed E-state index contributed by atoms with van der Waals surface area (Å²) in [4.78, 5) is 21.5. The number of carboxylic acids is 1. The molecular weight excluding hydrogens is 246 g/mol. The number of rotatable bonds is 3. The highest BCUT2D eigenvalue weighted by Gasteiger charge is 2.11. The van der Waals surface area contributed by atoms with Crippen LogP contribution in [-0.2, 0) is 9.59 Å². The van der Waals surface area contributed by atoms with Crippen molar-refractivity contribution in [2.45, 2.75) is 0 Å². The maximum Gasteiger partial charge on any atom is 0.394 e. The fraction of sp³-hybridized carbons (Fsp3) is 0. The molecule has 0 aromatic heterocycles. The lowest BCUT2D eigenvalue weighted by atomic mass is 10.3. The Kier molecular flexibility index (Phi) is 3.78. The Bertz CT molecular complexity index is 595. The van der Waals surface area contributed by atoms with E-state index < -0.39 is 11.9 Å². The van der Waals surface area contributed by atoms with Gasteiger partial charge >= 0.3 is 11.9 Å². The number of carboxylic acid groups (broad SMARTS) is 1. The SMILES string of the molecule is O=C(O)C(=O)Nc1cccc(Oc2ccccc2)c1. The summed E-state index contributed by atoms with van der Waals surface area (Å²) < 4.78 is 5.56. The Balaban J connectivity index is 2.11. The average molecular weight is 257 g/mol. The molecule has 1 amide bonds. The summed E-state index contributed by atoms with van der Waals surface area (Å²) >= 11 is 0. The Morgan fingerprint density at radius 2 is 1.63 bits per heavy atom. The largest absolute Gasteiger partial charge is 0.474 e. The predicted octanol–water partition coefficient (Wildman–Crippen LogP) is 2.50. The Morgan fingerprint density at radius 1 is 0.947 bits per heavy atom. The molecule has 2 aromatic rings. The van der Waals surface area contributed by atoms with Gasteiger partial charge < -0.3 is 15.2 Å². The van der Waals surface area contributed by atoms with Gasteiger partial charge in [0, 0.05) is 11.8 Å². The number of para-hydroxylation sites is 1. The summed E-state index contributed by atoms with van der Waals surface area (Å²) in [5.41, 5.74) is 0.362. The molecule has 2 rings (SSSR count). The van der Waals surface area contributed by atoms with Gasteiger partial charge in [-0.1, -0.05) is 24.3 Å². The number of anilines is 1. The fourth-order valence-electron chi connectivity index (χ4n) is 1.45. The number of ether oxygens (including phenoxy) is 1. The van der Waals surface area contributed by atoms with Crippen LogP contribution in [0.3, 0.4) is 0 Å². The van der Waals surface area contributed by atoms with Gasteiger partial charge in [-0.05, 0) is 24.3 Å². The Labute approximate surface area is 109 Å². The summed E-state index contributed by atoms with van der Waals surface area (Å²) in [7, 11) is 0. The average Bonchev–Trinajstić information content (AvgIpc) is 2.40. The van der Waals surface area contributed by atoms with E-state index in [9.17, 15) is 9.59 Å². The van der Waals surface area contributed by atoms with Crippen LogP contribution in [0.4, 0.5) is 5.69 Å². The lowest BCUT2D eigenvalue weighted by Gasteiger charge is -2.07. The molecule has 2 N–H and O–H groups in total.